The minimum atomic E-state index is 0.204. The van der Waals surface area contributed by atoms with Crippen molar-refractivity contribution in [2.24, 2.45) is 0 Å². The van der Waals surface area contributed by atoms with Crippen LogP contribution in [0.5, 0.6) is 0 Å². The fourth-order valence-electron chi connectivity index (χ4n) is 10.3. The van der Waals surface area contributed by atoms with Crippen LogP contribution >= 0.6 is 0 Å². The molecule has 0 bridgehead atoms. The summed E-state index contributed by atoms with van der Waals surface area (Å²) in [6.45, 7) is 0. The molecular weight excluding hydrogens is 827 g/mol. The van der Waals surface area contributed by atoms with Crippen LogP contribution in [0, 0.1) is 0 Å². The first-order valence-electron chi connectivity index (χ1n) is 23.3. The molecule has 5 heteroatoms. The summed E-state index contributed by atoms with van der Waals surface area (Å²) in [5.41, 5.74) is 15.9. The Morgan fingerprint density at radius 2 is 0.868 bits per heavy atom. The van der Waals surface area contributed by atoms with Gasteiger partial charge in [-0.05, 0) is 75.7 Å². The number of allylic oxidation sites excluding steroid dienone is 4. The lowest BCUT2D eigenvalue weighted by Crippen LogP contribution is -2.10. The highest BCUT2D eigenvalue weighted by Gasteiger charge is 2.26. The van der Waals surface area contributed by atoms with E-state index >= 15 is 0 Å². The van der Waals surface area contributed by atoms with Crippen LogP contribution in [0.15, 0.2) is 243 Å². The van der Waals surface area contributed by atoms with E-state index in [2.05, 4.69) is 234 Å². The molecule has 68 heavy (non-hydrogen) atoms. The first-order valence-corrected chi connectivity index (χ1v) is 23.3. The maximum absolute atomic E-state index is 5.40. The molecule has 0 spiro atoms. The van der Waals surface area contributed by atoms with Crippen molar-refractivity contribution in [3.8, 4) is 62.1 Å². The van der Waals surface area contributed by atoms with Gasteiger partial charge in [0.05, 0.1) is 22.1 Å². The molecule has 0 radical (unpaired) electrons. The van der Waals surface area contributed by atoms with E-state index in [1.165, 1.54) is 49.8 Å². The topological polar surface area (TPSA) is 48.5 Å². The Kier molecular flexibility index (Phi) is 9.57. The molecule has 3 aromatic heterocycles. The van der Waals surface area contributed by atoms with Gasteiger partial charge in [0.25, 0.3) is 0 Å². The summed E-state index contributed by atoms with van der Waals surface area (Å²) in [7, 11) is 0. The van der Waals surface area contributed by atoms with Crippen molar-refractivity contribution in [2.45, 2.75) is 12.3 Å². The third-order valence-electron chi connectivity index (χ3n) is 13.6. The monoisotopic (exact) mass is 869 g/mol. The Bertz CT molecular complexity index is 3900. The van der Waals surface area contributed by atoms with E-state index < -0.39 is 0 Å². The largest absolute Gasteiger partial charge is 0.312 e. The second-order valence-electron chi connectivity index (χ2n) is 17.5. The van der Waals surface area contributed by atoms with Crippen molar-refractivity contribution in [3.63, 3.8) is 0 Å². The number of hydrogen-bond acceptors (Lipinski definition) is 3. The van der Waals surface area contributed by atoms with Crippen molar-refractivity contribution in [1.29, 1.82) is 0 Å². The van der Waals surface area contributed by atoms with Crippen LogP contribution in [0.4, 0.5) is 0 Å². The fraction of sp³-hybridized carbons (Fsp3) is 0.0317. The van der Waals surface area contributed by atoms with Gasteiger partial charge in [-0.25, -0.2) is 4.98 Å². The van der Waals surface area contributed by atoms with Gasteiger partial charge in [0.1, 0.15) is 0 Å². The highest BCUT2D eigenvalue weighted by molar-refractivity contribution is 6.26. The van der Waals surface area contributed by atoms with Crippen LogP contribution < -0.4 is 0 Å². The van der Waals surface area contributed by atoms with E-state index in [0.717, 1.165) is 56.0 Å². The zero-order chi connectivity index (χ0) is 45.0. The first-order chi connectivity index (χ1) is 33.7. The number of rotatable bonds is 8. The molecule has 1 aliphatic rings. The lowest BCUT2D eigenvalue weighted by molar-refractivity contribution is 0.830. The molecule has 9 aromatic carbocycles. The van der Waals surface area contributed by atoms with E-state index in [1.807, 2.05) is 18.2 Å². The first kappa shape index (κ1) is 39.4. The number of benzene rings is 9. The predicted octanol–water partition coefficient (Wildman–Crippen LogP) is 16.0. The van der Waals surface area contributed by atoms with E-state index in [1.54, 1.807) is 0 Å². The van der Waals surface area contributed by atoms with Gasteiger partial charge >= 0.3 is 0 Å². The van der Waals surface area contributed by atoms with E-state index in [4.69, 9.17) is 15.0 Å². The Labute approximate surface area is 394 Å². The molecule has 0 fully saturated rings. The summed E-state index contributed by atoms with van der Waals surface area (Å²) < 4.78 is 4.76. The molecule has 3 heterocycles. The normalized spacial score (nSPS) is 13.7. The summed E-state index contributed by atoms with van der Waals surface area (Å²) >= 11 is 0. The summed E-state index contributed by atoms with van der Waals surface area (Å²) in [6, 6.07) is 79.9. The van der Waals surface area contributed by atoms with Crippen LogP contribution in [0.3, 0.4) is 0 Å². The van der Waals surface area contributed by atoms with Crippen LogP contribution in [-0.4, -0.2) is 24.1 Å². The molecule has 1 atom stereocenters. The minimum Gasteiger partial charge on any atom is -0.312 e. The smallest absolute Gasteiger partial charge is 0.238 e. The third kappa shape index (κ3) is 6.75. The maximum Gasteiger partial charge on any atom is 0.238 e. The summed E-state index contributed by atoms with van der Waals surface area (Å²) in [5, 5.41) is 4.64. The fourth-order valence-corrected chi connectivity index (χ4v) is 10.3. The summed E-state index contributed by atoms with van der Waals surface area (Å²) in [4.78, 5) is 15.9. The third-order valence-corrected chi connectivity index (χ3v) is 13.6. The zero-order valence-corrected chi connectivity index (χ0v) is 37.1. The molecule has 0 saturated carbocycles. The highest BCUT2D eigenvalue weighted by Crippen LogP contribution is 2.45. The number of hydrogen-bond donors (Lipinski definition) is 0. The van der Waals surface area contributed by atoms with Crippen molar-refractivity contribution in [2.75, 3.05) is 0 Å². The van der Waals surface area contributed by atoms with Gasteiger partial charge in [0.15, 0.2) is 11.6 Å². The maximum atomic E-state index is 5.40. The molecule has 1 aliphatic carbocycles. The molecule has 13 rings (SSSR count). The van der Waals surface area contributed by atoms with Crippen molar-refractivity contribution in [1.82, 2.24) is 24.1 Å². The highest BCUT2D eigenvalue weighted by atomic mass is 15.2. The Morgan fingerprint density at radius 3 is 1.53 bits per heavy atom. The molecule has 320 valence electrons. The SMILES string of the molecule is C1=CCC(c2ccccc2)C(n2c3ccccc3c3c2ccc2c4ccccc4n(-c4nc(-c5ccccc5)nc(-c5ccc(-c6ccc(-c7cccc(-c8ccccc8)c7)cc6)cc5)n4)c23)=C1. The molecule has 1 unspecified atom stereocenters. The van der Waals surface area contributed by atoms with Gasteiger partial charge in [-0.3, -0.25) is 4.57 Å². The van der Waals surface area contributed by atoms with E-state index in [0.29, 0.717) is 17.6 Å². The molecular formula is C63H43N5. The second-order valence-corrected chi connectivity index (χ2v) is 17.5. The van der Waals surface area contributed by atoms with Crippen LogP contribution in [0.1, 0.15) is 17.9 Å². The number of fused-ring (bicyclic) bond motifs is 7. The Morgan fingerprint density at radius 1 is 0.368 bits per heavy atom. The van der Waals surface area contributed by atoms with Crippen LogP contribution in [0.2, 0.25) is 0 Å². The van der Waals surface area contributed by atoms with Gasteiger partial charge in [-0.1, -0.05) is 212 Å². The van der Waals surface area contributed by atoms with Gasteiger partial charge in [0.2, 0.25) is 5.95 Å². The van der Waals surface area contributed by atoms with Gasteiger partial charge in [-0.2, -0.15) is 9.97 Å². The average Bonchev–Trinajstić information content (AvgIpc) is 3.95. The quantitative estimate of drug-likeness (QED) is 0.153. The molecule has 12 aromatic rings. The standard InChI is InChI=1S/C63H43N5/c1-4-17-42(18-5-1)49-23-16-24-50(41-49)45-33-31-43(32-34-45)44-35-37-48(38-36-44)62-64-61(47-21-8-3-9-22-47)65-63(66-62)68-56-29-14-11-26-52(56)53-39-40-58-59(60(53)68)54-27-12-15-30-57(54)67(58)55-28-13-10-25-51(55)46-19-6-2-7-20-46/h1-24,26-41,51H,25H2. The average molecular weight is 870 g/mol. The predicted molar refractivity (Wildman–Crippen MR) is 282 cm³/mol. The Balaban J connectivity index is 0.953. The number of para-hydroxylation sites is 2. The van der Waals surface area contributed by atoms with E-state index in [9.17, 15) is 0 Å². The van der Waals surface area contributed by atoms with Crippen LogP contribution in [-0.2, 0) is 0 Å². The molecule has 0 aliphatic heterocycles. The zero-order valence-electron chi connectivity index (χ0n) is 37.1. The summed E-state index contributed by atoms with van der Waals surface area (Å²) in [6.07, 6.45) is 7.72. The molecule has 0 amide bonds. The van der Waals surface area contributed by atoms with Crippen molar-refractivity contribution >= 4 is 49.3 Å². The van der Waals surface area contributed by atoms with Gasteiger partial charge in [0, 0.05) is 44.3 Å². The van der Waals surface area contributed by atoms with Gasteiger partial charge < -0.3 is 4.57 Å². The van der Waals surface area contributed by atoms with Crippen molar-refractivity contribution in [3.05, 3.63) is 248 Å². The Hall–Kier alpha value is -8.93. The van der Waals surface area contributed by atoms with E-state index in [-0.39, 0.29) is 5.92 Å². The van der Waals surface area contributed by atoms with Gasteiger partial charge in [-0.15, -0.1) is 0 Å². The number of aromatic nitrogens is 5. The second kappa shape index (κ2) is 16.5. The lowest BCUT2D eigenvalue weighted by Gasteiger charge is -2.24. The molecule has 5 nitrogen and oxygen atoms in total. The molecule has 0 saturated heterocycles. The molecule has 0 N–H and O–H groups in total. The summed E-state index contributed by atoms with van der Waals surface area (Å²) in [5.74, 6) is 2.00. The number of nitrogens with zero attached hydrogens (tertiary/aromatic N) is 5. The van der Waals surface area contributed by atoms with Crippen LogP contribution in [0.25, 0.3) is 111 Å². The lowest BCUT2D eigenvalue weighted by atomic mass is 9.89. The van der Waals surface area contributed by atoms with Crippen molar-refractivity contribution < 1.29 is 0 Å². The minimum absolute atomic E-state index is 0.204.